The van der Waals surface area contributed by atoms with Crippen LogP contribution in [0.1, 0.15) is 41.5 Å². The highest BCUT2D eigenvalue weighted by atomic mass is 15.3. The molecule has 0 spiro atoms. The van der Waals surface area contributed by atoms with E-state index >= 15 is 0 Å². The first-order chi connectivity index (χ1) is 12.2. The molecular formula is C20H25N5. The molecule has 130 valence electrons. The third-order valence-electron chi connectivity index (χ3n) is 5.24. The Kier molecular flexibility index (Phi) is 4.40. The zero-order valence-electron chi connectivity index (χ0n) is 14.9. The number of piperidine rings is 1. The van der Waals surface area contributed by atoms with Crippen molar-refractivity contribution in [2.75, 3.05) is 13.1 Å². The van der Waals surface area contributed by atoms with Gasteiger partial charge in [0.05, 0.1) is 11.4 Å². The predicted octanol–water partition coefficient (Wildman–Crippen LogP) is 3.59. The van der Waals surface area contributed by atoms with E-state index in [4.69, 9.17) is 5.10 Å². The molecule has 1 N–H and O–H groups in total. The Morgan fingerprint density at radius 2 is 2.04 bits per heavy atom. The van der Waals surface area contributed by atoms with Gasteiger partial charge < -0.3 is 4.98 Å². The smallest absolute Gasteiger partial charge is 0.110 e. The molecule has 1 fully saturated rings. The van der Waals surface area contributed by atoms with Gasteiger partial charge in [0.1, 0.15) is 5.82 Å². The van der Waals surface area contributed by atoms with E-state index < -0.39 is 0 Å². The second kappa shape index (κ2) is 6.84. The number of aryl methyl sites for hydroxylation is 1. The summed E-state index contributed by atoms with van der Waals surface area (Å²) in [6.07, 6.45) is 6.21. The van der Waals surface area contributed by atoms with E-state index in [0.717, 1.165) is 36.8 Å². The van der Waals surface area contributed by atoms with Crippen LogP contribution in [0, 0.1) is 13.8 Å². The summed E-state index contributed by atoms with van der Waals surface area (Å²) in [5.74, 6) is 1.63. The van der Waals surface area contributed by atoms with Crippen LogP contribution in [0.15, 0.2) is 42.7 Å². The third-order valence-corrected chi connectivity index (χ3v) is 5.24. The monoisotopic (exact) mass is 335 g/mol. The van der Waals surface area contributed by atoms with Crippen LogP contribution in [0.3, 0.4) is 0 Å². The van der Waals surface area contributed by atoms with E-state index in [1.807, 2.05) is 18.5 Å². The average Bonchev–Trinajstić information content (AvgIpc) is 3.27. The molecule has 1 aliphatic rings. The van der Waals surface area contributed by atoms with Gasteiger partial charge in [-0.15, -0.1) is 0 Å². The number of aromatic amines is 1. The Balaban J connectivity index is 1.54. The van der Waals surface area contributed by atoms with Crippen LogP contribution in [0.4, 0.5) is 0 Å². The number of para-hydroxylation sites is 1. The molecule has 1 aliphatic heterocycles. The summed E-state index contributed by atoms with van der Waals surface area (Å²) in [6, 6.07) is 10.4. The fraction of sp³-hybridized carbons (Fsp3) is 0.400. The lowest BCUT2D eigenvalue weighted by Gasteiger charge is -2.31. The Hall–Kier alpha value is -2.40. The van der Waals surface area contributed by atoms with Gasteiger partial charge in [-0.25, -0.2) is 9.67 Å². The molecule has 2 aromatic heterocycles. The molecule has 0 unspecified atom stereocenters. The van der Waals surface area contributed by atoms with Crippen molar-refractivity contribution in [3.05, 3.63) is 65.5 Å². The van der Waals surface area contributed by atoms with Crippen LogP contribution >= 0.6 is 0 Å². The van der Waals surface area contributed by atoms with E-state index in [2.05, 4.69) is 57.7 Å². The highest BCUT2D eigenvalue weighted by Crippen LogP contribution is 2.27. The number of hydrogen-bond acceptors (Lipinski definition) is 3. The van der Waals surface area contributed by atoms with Crippen molar-refractivity contribution in [2.45, 2.75) is 39.2 Å². The summed E-state index contributed by atoms with van der Waals surface area (Å²) in [5.41, 5.74) is 4.84. The van der Waals surface area contributed by atoms with Crippen molar-refractivity contribution < 1.29 is 0 Å². The third kappa shape index (κ3) is 3.24. The lowest BCUT2D eigenvalue weighted by molar-refractivity contribution is 0.196. The fourth-order valence-corrected chi connectivity index (χ4v) is 3.87. The van der Waals surface area contributed by atoms with Crippen LogP contribution < -0.4 is 0 Å². The molecule has 0 saturated carbocycles. The van der Waals surface area contributed by atoms with Crippen LogP contribution in [-0.4, -0.2) is 37.7 Å². The molecule has 5 nitrogen and oxygen atoms in total. The highest BCUT2D eigenvalue weighted by molar-refractivity contribution is 5.36. The quantitative estimate of drug-likeness (QED) is 0.793. The molecule has 1 saturated heterocycles. The van der Waals surface area contributed by atoms with Crippen molar-refractivity contribution in [1.29, 1.82) is 0 Å². The van der Waals surface area contributed by atoms with Gasteiger partial charge in [-0.05, 0) is 45.4 Å². The maximum absolute atomic E-state index is 4.79. The maximum Gasteiger partial charge on any atom is 0.110 e. The number of aromatic nitrogens is 4. The number of hydrogen-bond donors (Lipinski definition) is 1. The minimum absolute atomic E-state index is 0.508. The molecule has 1 atom stereocenters. The van der Waals surface area contributed by atoms with Crippen molar-refractivity contribution in [2.24, 2.45) is 0 Å². The van der Waals surface area contributed by atoms with E-state index in [0.29, 0.717) is 5.92 Å². The zero-order valence-corrected chi connectivity index (χ0v) is 14.9. The van der Waals surface area contributed by atoms with Crippen LogP contribution in [0.5, 0.6) is 0 Å². The number of imidazole rings is 1. The van der Waals surface area contributed by atoms with Gasteiger partial charge in [-0.2, -0.15) is 5.10 Å². The Morgan fingerprint density at radius 3 is 2.80 bits per heavy atom. The van der Waals surface area contributed by atoms with Crippen molar-refractivity contribution in [3.8, 4) is 5.69 Å². The summed E-state index contributed by atoms with van der Waals surface area (Å²) >= 11 is 0. The Labute approximate surface area is 148 Å². The molecule has 4 rings (SSSR count). The van der Waals surface area contributed by atoms with E-state index in [9.17, 15) is 0 Å². The number of rotatable bonds is 4. The fourth-order valence-electron chi connectivity index (χ4n) is 3.87. The summed E-state index contributed by atoms with van der Waals surface area (Å²) in [6.45, 7) is 7.46. The lowest BCUT2D eigenvalue weighted by Crippen LogP contribution is -2.34. The average molecular weight is 335 g/mol. The number of benzene rings is 1. The minimum atomic E-state index is 0.508. The maximum atomic E-state index is 4.79. The van der Waals surface area contributed by atoms with Gasteiger partial charge >= 0.3 is 0 Å². The largest absolute Gasteiger partial charge is 0.348 e. The summed E-state index contributed by atoms with van der Waals surface area (Å²) in [4.78, 5) is 10.3. The number of nitrogens with zero attached hydrogens (tertiary/aromatic N) is 4. The van der Waals surface area contributed by atoms with Crippen LogP contribution in [0.2, 0.25) is 0 Å². The highest BCUT2D eigenvalue weighted by Gasteiger charge is 2.24. The molecule has 0 aliphatic carbocycles. The number of nitrogens with one attached hydrogen (secondary N) is 1. The van der Waals surface area contributed by atoms with E-state index in [-0.39, 0.29) is 0 Å². The summed E-state index contributed by atoms with van der Waals surface area (Å²) < 4.78 is 2.07. The van der Waals surface area contributed by atoms with Gasteiger partial charge in [0.15, 0.2) is 0 Å². The van der Waals surface area contributed by atoms with Gasteiger partial charge in [-0.3, -0.25) is 4.90 Å². The van der Waals surface area contributed by atoms with Crippen LogP contribution in [-0.2, 0) is 6.54 Å². The van der Waals surface area contributed by atoms with Gasteiger partial charge in [-0.1, -0.05) is 18.2 Å². The van der Waals surface area contributed by atoms with Gasteiger partial charge in [0.25, 0.3) is 0 Å². The molecule has 25 heavy (non-hydrogen) atoms. The number of likely N-dealkylation sites (tertiary alicyclic amines) is 1. The predicted molar refractivity (Wildman–Crippen MR) is 98.9 cm³/mol. The zero-order chi connectivity index (χ0) is 17.2. The summed E-state index contributed by atoms with van der Waals surface area (Å²) in [7, 11) is 0. The van der Waals surface area contributed by atoms with E-state index in [1.54, 1.807) is 0 Å². The molecule has 3 heterocycles. The number of H-pyrrole nitrogens is 1. The molecular weight excluding hydrogens is 310 g/mol. The van der Waals surface area contributed by atoms with Gasteiger partial charge in [0, 0.05) is 42.7 Å². The molecule has 5 heteroatoms. The first kappa shape index (κ1) is 16.1. The molecule has 3 aromatic rings. The lowest BCUT2D eigenvalue weighted by atomic mass is 9.97. The Morgan fingerprint density at radius 1 is 1.20 bits per heavy atom. The molecule has 1 aromatic carbocycles. The second-order valence-corrected chi connectivity index (χ2v) is 6.95. The molecule has 0 amide bonds. The minimum Gasteiger partial charge on any atom is -0.348 e. The summed E-state index contributed by atoms with van der Waals surface area (Å²) in [5, 5.41) is 4.79. The van der Waals surface area contributed by atoms with Crippen molar-refractivity contribution in [1.82, 2.24) is 24.6 Å². The van der Waals surface area contributed by atoms with Crippen molar-refractivity contribution in [3.63, 3.8) is 0 Å². The van der Waals surface area contributed by atoms with Crippen LogP contribution in [0.25, 0.3) is 5.69 Å². The second-order valence-electron chi connectivity index (χ2n) is 6.95. The van der Waals surface area contributed by atoms with Gasteiger partial charge in [0.2, 0.25) is 0 Å². The molecule has 0 radical (unpaired) electrons. The first-order valence-electron chi connectivity index (χ1n) is 9.04. The van der Waals surface area contributed by atoms with E-state index in [1.165, 1.54) is 24.1 Å². The van der Waals surface area contributed by atoms with Crippen molar-refractivity contribution >= 4 is 0 Å². The normalized spacial score (nSPS) is 18.6. The topological polar surface area (TPSA) is 49.7 Å². The Bertz CT molecular complexity index is 819. The SMILES string of the molecule is Cc1nn(-c2ccccc2)c(C)c1CN1CCC[C@H](c2ncc[nH]2)C1. The molecule has 0 bridgehead atoms. The standard InChI is InChI=1S/C20H25N5/c1-15-19(16(2)25(23-15)18-8-4-3-5-9-18)14-24-12-6-7-17(13-24)20-21-10-11-22-20/h3-5,8-11,17H,6-7,12-14H2,1-2H3,(H,21,22)/t17-/m0/s1. The first-order valence-corrected chi connectivity index (χ1v) is 9.04.